The van der Waals surface area contributed by atoms with E-state index in [1.165, 1.54) is 0 Å². The first-order valence-electron chi connectivity index (χ1n) is 4.29. The van der Waals surface area contributed by atoms with E-state index in [0.29, 0.717) is 0 Å². The van der Waals surface area contributed by atoms with Crippen molar-refractivity contribution in [3.8, 4) is 0 Å². The molecule has 72 valence electrons. The molecule has 0 aromatic carbocycles. The highest BCUT2D eigenvalue weighted by molar-refractivity contribution is 5.85. The maximum absolute atomic E-state index is 11.7. The van der Waals surface area contributed by atoms with Gasteiger partial charge in [-0.25, -0.2) is 0 Å². The molecule has 0 unspecified atom stereocenters. The summed E-state index contributed by atoms with van der Waals surface area (Å²) in [7, 11) is 3.62. The van der Waals surface area contributed by atoms with Gasteiger partial charge in [-0.2, -0.15) is 0 Å². The van der Waals surface area contributed by atoms with Crippen LogP contribution in [-0.2, 0) is 4.79 Å². The van der Waals surface area contributed by atoms with E-state index in [-0.39, 0.29) is 11.9 Å². The summed E-state index contributed by atoms with van der Waals surface area (Å²) in [5.74, 6) is 0.125. The number of rotatable bonds is 3. The summed E-state index contributed by atoms with van der Waals surface area (Å²) < 4.78 is 0. The molecule has 0 heterocycles. The van der Waals surface area contributed by atoms with Gasteiger partial charge >= 0.3 is 0 Å². The van der Waals surface area contributed by atoms with Crippen LogP contribution in [0.5, 0.6) is 0 Å². The van der Waals surface area contributed by atoms with Crippen LogP contribution in [0.2, 0.25) is 0 Å². The molecule has 1 amide bonds. The summed E-state index contributed by atoms with van der Waals surface area (Å²) in [6.45, 7) is 7.77. The van der Waals surface area contributed by atoms with E-state index < -0.39 is 5.54 Å². The lowest BCUT2D eigenvalue weighted by molar-refractivity contribution is -0.137. The first-order valence-corrected chi connectivity index (χ1v) is 4.29. The number of nitrogens with one attached hydrogen (secondary N) is 1. The number of carbonyl (C=O) groups excluding carboxylic acids is 1. The minimum atomic E-state index is -0.459. The molecule has 0 aliphatic carbocycles. The number of hydrogen-bond acceptors (Lipinski definition) is 2. The summed E-state index contributed by atoms with van der Waals surface area (Å²) in [5.41, 5.74) is -0.459. The van der Waals surface area contributed by atoms with Crippen LogP contribution in [0, 0.1) is 0 Å². The van der Waals surface area contributed by atoms with E-state index in [1.807, 2.05) is 34.7 Å². The second-order valence-electron chi connectivity index (χ2n) is 3.88. The number of amides is 1. The highest BCUT2D eigenvalue weighted by Crippen LogP contribution is 2.07. The molecule has 1 N–H and O–H groups in total. The van der Waals surface area contributed by atoms with E-state index in [4.69, 9.17) is 0 Å². The highest BCUT2D eigenvalue weighted by atomic mass is 16.2. The summed E-state index contributed by atoms with van der Waals surface area (Å²) >= 11 is 0. The average Bonchev–Trinajstić information content (AvgIpc) is 2.01. The van der Waals surface area contributed by atoms with Crippen LogP contribution in [0.3, 0.4) is 0 Å². The Kier molecular flexibility index (Phi) is 3.71. The summed E-state index contributed by atoms with van der Waals surface area (Å²) in [5, 5.41) is 2.99. The second kappa shape index (κ2) is 3.90. The third-order valence-electron chi connectivity index (χ3n) is 2.25. The van der Waals surface area contributed by atoms with E-state index in [1.54, 1.807) is 11.9 Å². The molecule has 0 aromatic heterocycles. The minimum absolute atomic E-state index is 0.125. The molecular weight excluding hydrogens is 152 g/mol. The molecule has 0 aliphatic heterocycles. The van der Waals surface area contributed by atoms with Crippen LogP contribution < -0.4 is 5.32 Å². The standard InChI is InChI=1S/C9H20N2O/c1-7(2)11(6)8(12)9(3,4)10-5/h7,10H,1-6H3. The van der Waals surface area contributed by atoms with Crippen LogP contribution in [0.1, 0.15) is 27.7 Å². The van der Waals surface area contributed by atoms with Gasteiger partial charge in [0, 0.05) is 13.1 Å². The van der Waals surface area contributed by atoms with Gasteiger partial charge in [-0.05, 0) is 34.7 Å². The SMILES string of the molecule is CNC(C)(C)C(=O)N(C)C(C)C. The number of carbonyl (C=O) groups is 1. The molecule has 0 aliphatic rings. The third kappa shape index (κ3) is 2.48. The van der Waals surface area contributed by atoms with Crippen LogP contribution in [0.15, 0.2) is 0 Å². The van der Waals surface area contributed by atoms with Gasteiger partial charge in [0.2, 0.25) is 5.91 Å². The molecule has 0 aromatic rings. The van der Waals surface area contributed by atoms with Crippen molar-refractivity contribution in [2.75, 3.05) is 14.1 Å². The first kappa shape index (κ1) is 11.4. The van der Waals surface area contributed by atoms with Gasteiger partial charge in [-0.1, -0.05) is 0 Å². The fourth-order valence-electron chi connectivity index (χ4n) is 0.782. The zero-order chi connectivity index (χ0) is 9.94. The molecule has 0 rings (SSSR count). The molecular formula is C9H20N2O. The van der Waals surface area contributed by atoms with E-state index in [9.17, 15) is 4.79 Å². The molecule has 0 bridgehead atoms. The van der Waals surface area contributed by atoms with Crippen molar-refractivity contribution < 1.29 is 4.79 Å². The molecule has 0 saturated carbocycles. The molecule has 0 saturated heterocycles. The molecule has 0 atom stereocenters. The maximum Gasteiger partial charge on any atom is 0.242 e. The first-order chi connectivity index (χ1) is 5.33. The van der Waals surface area contributed by atoms with Crippen LogP contribution in [-0.4, -0.2) is 36.5 Å². The summed E-state index contributed by atoms with van der Waals surface area (Å²) in [6.07, 6.45) is 0. The average molecular weight is 172 g/mol. The molecule has 0 spiro atoms. The van der Waals surface area contributed by atoms with Crippen molar-refractivity contribution in [1.82, 2.24) is 10.2 Å². The predicted octanol–water partition coefficient (Wildman–Crippen LogP) is 0.851. The lowest BCUT2D eigenvalue weighted by Crippen LogP contribution is -2.53. The van der Waals surface area contributed by atoms with Crippen LogP contribution in [0.25, 0.3) is 0 Å². The molecule has 12 heavy (non-hydrogen) atoms. The van der Waals surface area contributed by atoms with Gasteiger partial charge in [0.15, 0.2) is 0 Å². The summed E-state index contributed by atoms with van der Waals surface area (Å²) in [6, 6.07) is 0.255. The van der Waals surface area contributed by atoms with Gasteiger partial charge in [0.25, 0.3) is 0 Å². The topological polar surface area (TPSA) is 32.3 Å². The van der Waals surface area contributed by atoms with Crippen molar-refractivity contribution in [3.05, 3.63) is 0 Å². The van der Waals surface area contributed by atoms with Crippen molar-refractivity contribution >= 4 is 5.91 Å². The second-order valence-corrected chi connectivity index (χ2v) is 3.88. The number of nitrogens with zero attached hydrogens (tertiary/aromatic N) is 1. The molecule has 0 radical (unpaired) electrons. The molecule has 3 heteroatoms. The van der Waals surface area contributed by atoms with Crippen LogP contribution >= 0.6 is 0 Å². The molecule has 3 nitrogen and oxygen atoms in total. The fraction of sp³-hybridized carbons (Fsp3) is 0.889. The Labute approximate surface area is 75.1 Å². The van der Waals surface area contributed by atoms with Crippen LogP contribution in [0.4, 0.5) is 0 Å². The van der Waals surface area contributed by atoms with Crippen molar-refractivity contribution in [1.29, 1.82) is 0 Å². The zero-order valence-corrected chi connectivity index (χ0v) is 8.93. The van der Waals surface area contributed by atoms with E-state index in [0.717, 1.165) is 0 Å². The zero-order valence-electron chi connectivity index (χ0n) is 8.93. The van der Waals surface area contributed by atoms with E-state index in [2.05, 4.69) is 5.32 Å². The van der Waals surface area contributed by atoms with Crippen molar-refractivity contribution in [3.63, 3.8) is 0 Å². The Morgan fingerprint density at radius 2 is 1.83 bits per heavy atom. The lowest BCUT2D eigenvalue weighted by Gasteiger charge is -2.31. The fourth-order valence-corrected chi connectivity index (χ4v) is 0.782. The Balaban J connectivity index is 4.39. The third-order valence-corrected chi connectivity index (χ3v) is 2.25. The highest BCUT2D eigenvalue weighted by Gasteiger charge is 2.29. The van der Waals surface area contributed by atoms with Gasteiger partial charge in [-0.3, -0.25) is 4.79 Å². The Hall–Kier alpha value is -0.570. The normalized spacial score (nSPS) is 11.9. The summed E-state index contributed by atoms with van der Waals surface area (Å²) in [4.78, 5) is 13.4. The quantitative estimate of drug-likeness (QED) is 0.684. The number of likely N-dealkylation sites (N-methyl/N-ethyl adjacent to an activating group) is 2. The lowest BCUT2D eigenvalue weighted by atomic mass is 10.0. The minimum Gasteiger partial charge on any atom is -0.342 e. The number of hydrogen-bond donors (Lipinski definition) is 1. The smallest absolute Gasteiger partial charge is 0.242 e. The maximum atomic E-state index is 11.7. The van der Waals surface area contributed by atoms with Gasteiger partial charge in [0.1, 0.15) is 0 Å². The van der Waals surface area contributed by atoms with Crippen molar-refractivity contribution in [2.45, 2.75) is 39.3 Å². The van der Waals surface area contributed by atoms with Gasteiger partial charge < -0.3 is 10.2 Å². The van der Waals surface area contributed by atoms with Gasteiger partial charge in [-0.15, -0.1) is 0 Å². The Morgan fingerprint density at radius 1 is 1.42 bits per heavy atom. The predicted molar refractivity (Wildman–Crippen MR) is 51.0 cm³/mol. The van der Waals surface area contributed by atoms with Crippen molar-refractivity contribution in [2.24, 2.45) is 0 Å². The molecule has 0 fully saturated rings. The largest absolute Gasteiger partial charge is 0.342 e. The van der Waals surface area contributed by atoms with Gasteiger partial charge in [0.05, 0.1) is 5.54 Å². The van der Waals surface area contributed by atoms with E-state index >= 15 is 0 Å². The Morgan fingerprint density at radius 3 is 2.08 bits per heavy atom. The monoisotopic (exact) mass is 172 g/mol. The Bertz CT molecular complexity index is 164.